The molecule has 16 heavy (non-hydrogen) atoms. The fraction of sp³-hybridized carbons (Fsp3) is 0.769. The summed E-state index contributed by atoms with van der Waals surface area (Å²) in [7, 11) is 0. The van der Waals surface area contributed by atoms with Gasteiger partial charge >= 0.3 is 0 Å². The first-order chi connectivity index (χ1) is 7.54. The second kappa shape index (κ2) is 4.84. The molecule has 2 rings (SSSR count). The molecule has 0 radical (unpaired) electrons. The Balaban J connectivity index is 1.91. The van der Waals surface area contributed by atoms with Gasteiger partial charge in [0, 0.05) is 23.4 Å². The summed E-state index contributed by atoms with van der Waals surface area (Å²) >= 11 is 1.80. The number of rotatable bonds is 3. The number of thiazole rings is 1. The monoisotopic (exact) mass is 238 g/mol. The largest absolute Gasteiger partial charge is 0.306 e. The molecule has 1 aromatic heterocycles. The molecule has 3 heteroatoms. The molecule has 1 saturated carbocycles. The van der Waals surface area contributed by atoms with Gasteiger partial charge in [0.05, 0.1) is 5.69 Å². The van der Waals surface area contributed by atoms with Crippen molar-refractivity contribution < 1.29 is 0 Å². The Morgan fingerprint density at radius 2 is 2.06 bits per heavy atom. The van der Waals surface area contributed by atoms with Crippen LogP contribution in [0.3, 0.4) is 0 Å². The van der Waals surface area contributed by atoms with Crippen LogP contribution in [0.25, 0.3) is 0 Å². The van der Waals surface area contributed by atoms with Gasteiger partial charge in [-0.2, -0.15) is 0 Å². The predicted molar refractivity (Wildman–Crippen MR) is 69.9 cm³/mol. The molecule has 1 N–H and O–H groups in total. The lowest BCUT2D eigenvalue weighted by molar-refractivity contribution is 0.423. The molecule has 0 spiro atoms. The van der Waals surface area contributed by atoms with E-state index in [1.165, 1.54) is 36.4 Å². The van der Waals surface area contributed by atoms with Gasteiger partial charge in [0.15, 0.2) is 0 Å². The van der Waals surface area contributed by atoms with Gasteiger partial charge < -0.3 is 5.32 Å². The van der Waals surface area contributed by atoms with Gasteiger partial charge in [-0.15, -0.1) is 11.3 Å². The Bertz CT molecular complexity index is 332. The van der Waals surface area contributed by atoms with E-state index in [1.54, 1.807) is 11.3 Å². The minimum atomic E-state index is 0.180. The van der Waals surface area contributed by atoms with Crippen LogP contribution in [0.1, 0.15) is 63.1 Å². The van der Waals surface area contributed by atoms with Crippen molar-refractivity contribution in [2.24, 2.45) is 0 Å². The normalized spacial score (nSPS) is 18.2. The van der Waals surface area contributed by atoms with E-state index in [0.717, 1.165) is 12.5 Å². The summed E-state index contributed by atoms with van der Waals surface area (Å²) in [4.78, 5) is 4.75. The lowest BCUT2D eigenvalue weighted by atomic mass is 10.1. The van der Waals surface area contributed by atoms with Crippen molar-refractivity contribution in [2.45, 2.75) is 64.5 Å². The smallest absolute Gasteiger partial charge is 0.107 e. The van der Waals surface area contributed by atoms with E-state index in [-0.39, 0.29) is 5.54 Å². The van der Waals surface area contributed by atoms with Crippen molar-refractivity contribution >= 4 is 11.3 Å². The van der Waals surface area contributed by atoms with Crippen LogP contribution in [-0.4, -0.2) is 10.5 Å². The van der Waals surface area contributed by atoms with Crippen molar-refractivity contribution in [1.82, 2.24) is 10.3 Å². The van der Waals surface area contributed by atoms with E-state index in [4.69, 9.17) is 4.98 Å². The highest BCUT2D eigenvalue weighted by Gasteiger charge is 2.19. The average molecular weight is 238 g/mol. The summed E-state index contributed by atoms with van der Waals surface area (Å²) in [5.41, 5.74) is 1.52. The van der Waals surface area contributed by atoms with Gasteiger partial charge in [0.1, 0.15) is 5.01 Å². The average Bonchev–Trinajstić information content (AvgIpc) is 2.84. The standard InChI is InChI=1S/C13H22N2S/c1-13(2,3)14-8-12-15-11(9-16-12)10-6-4-5-7-10/h9-10,14H,4-8H2,1-3H3. The van der Waals surface area contributed by atoms with Gasteiger partial charge in [-0.25, -0.2) is 4.98 Å². The maximum Gasteiger partial charge on any atom is 0.107 e. The zero-order valence-corrected chi connectivity index (χ0v) is 11.4. The van der Waals surface area contributed by atoms with E-state index in [1.807, 2.05) is 0 Å². The number of nitrogens with zero attached hydrogens (tertiary/aromatic N) is 1. The summed E-state index contributed by atoms with van der Waals surface area (Å²) < 4.78 is 0. The topological polar surface area (TPSA) is 24.9 Å². The molecule has 0 bridgehead atoms. The third-order valence-corrected chi connectivity index (χ3v) is 3.98. The van der Waals surface area contributed by atoms with Crippen LogP contribution in [0, 0.1) is 0 Å². The Morgan fingerprint density at radius 1 is 1.38 bits per heavy atom. The number of nitrogens with one attached hydrogen (secondary N) is 1. The Kier molecular flexibility index (Phi) is 3.65. The third kappa shape index (κ3) is 3.29. The zero-order chi connectivity index (χ0) is 11.6. The lowest BCUT2D eigenvalue weighted by Gasteiger charge is -2.19. The summed E-state index contributed by atoms with van der Waals surface area (Å²) in [6, 6.07) is 0. The molecule has 0 amide bonds. The molecule has 0 aromatic carbocycles. The molecule has 0 saturated heterocycles. The molecule has 1 aliphatic carbocycles. The maximum atomic E-state index is 4.75. The van der Waals surface area contributed by atoms with Crippen molar-refractivity contribution in [2.75, 3.05) is 0 Å². The number of aromatic nitrogens is 1. The van der Waals surface area contributed by atoms with Gasteiger partial charge in [-0.05, 0) is 33.6 Å². The van der Waals surface area contributed by atoms with Crippen LogP contribution >= 0.6 is 11.3 Å². The molecule has 1 fully saturated rings. The Hall–Kier alpha value is -0.410. The van der Waals surface area contributed by atoms with Crippen molar-refractivity contribution in [3.63, 3.8) is 0 Å². The molecular weight excluding hydrogens is 216 g/mol. The van der Waals surface area contributed by atoms with E-state index in [9.17, 15) is 0 Å². The van der Waals surface area contributed by atoms with Crippen LogP contribution in [0.2, 0.25) is 0 Å². The molecule has 1 aromatic rings. The molecule has 0 aliphatic heterocycles. The zero-order valence-electron chi connectivity index (χ0n) is 10.5. The minimum Gasteiger partial charge on any atom is -0.306 e. The lowest BCUT2D eigenvalue weighted by Crippen LogP contribution is -2.35. The summed E-state index contributed by atoms with van der Waals surface area (Å²) in [6.07, 6.45) is 5.46. The van der Waals surface area contributed by atoms with Crippen molar-refractivity contribution in [3.05, 3.63) is 16.1 Å². The third-order valence-electron chi connectivity index (χ3n) is 3.11. The van der Waals surface area contributed by atoms with E-state index >= 15 is 0 Å². The van der Waals surface area contributed by atoms with Gasteiger partial charge in [0.25, 0.3) is 0 Å². The SMILES string of the molecule is CC(C)(C)NCc1nc(C2CCCC2)cs1. The highest BCUT2D eigenvalue weighted by molar-refractivity contribution is 7.09. The number of hydrogen-bond acceptors (Lipinski definition) is 3. The highest BCUT2D eigenvalue weighted by Crippen LogP contribution is 2.34. The summed E-state index contributed by atoms with van der Waals surface area (Å²) in [5, 5.41) is 6.98. The van der Waals surface area contributed by atoms with E-state index in [2.05, 4.69) is 31.5 Å². The first-order valence-electron chi connectivity index (χ1n) is 6.24. The van der Waals surface area contributed by atoms with Crippen LogP contribution < -0.4 is 5.32 Å². The molecule has 0 atom stereocenters. The van der Waals surface area contributed by atoms with Crippen LogP contribution in [-0.2, 0) is 6.54 Å². The fourth-order valence-electron chi connectivity index (χ4n) is 2.16. The maximum absolute atomic E-state index is 4.75. The second-order valence-electron chi connectivity index (χ2n) is 5.75. The Morgan fingerprint density at radius 3 is 2.69 bits per heavy atom. The Labute approximate surface area is 102 Å². The molecule has 1 aliphatic rings. The van der Waals surface area contributed by atoms with Crippen molar-refractivity contribution in [3.8, 4) is 0 Å². The van der Waals surface area contributed by atoms with Gasteiger partial charge in [0.2, 0.25) is 0 Å². The molecule has 90 valence electrons. The van der Waals surface area contributed by atoms with Gasteiger partial charge in [-0.1, -0.05) is 12.8 Å². The highest BCUT2D eigenvalue weighted by atomic mass is 32.1. The second-order valence-corrected chi connectivity index (χ2v) is 6.69. The van der Waals surface area contributed by atoms with Gasteiger partial charge in [-0.3, -0.25) is 0 Å². The minimum absolute atomic E-state index is 0.180. The van der Waals surface area contributed by atoms with Crippen LogP contribution in [0.15, 0.2) is 5.38 Å². The predicted octanol–water partition coefficient (Wildman–Crippen LogP) is 3.69. The quantitative estimate of drug-likeness (QED) is 0.868. The number of hydrogen-bond donors (Lipinski definition) is 1. The molecule has 0 unspecified atom stereocenters. The van der Waals surface area contributed by atoms with E-state index < -0.39 is 0 Å². The molecule has 1 heterocycles. The molecule has 2 nitrogen and oxygen atoms in total. The summed E-state index contributed by atoms with van der Waals surface area (Å²) in [5.74, 6) is 0.750. The van der Waals surface area contributed by atoms with Crippen LogP contribution in [0.5, 0.6) is 0 Å². The van der Waals surface area contributed by atoms with E-state index in [0.29, 0.717) is 0 Å². The first-order valence-corrected chi connectivity index (χ1v) is 7.12. The fourth-order valence-corrected chi connectivity index (χ4v) is 2.97. The first kappa shape index (κ1) is 12.1. The molecular formula is C13H22N2S. The van der Waals surface area contributed by atoms with Crippen molar-refractivity contribution in [1.29, 1.82) is 0 Å². The summed E-state index contributed by atoms with van der Waals surface area (Å²) in [6.45, 7) is 7.48. The van der Waals surface area contributed by atoms with Crippen LogP contribution in [0.4, 0.5) is 0 Å².